The van der Waals surface area contributed by atoms with Gasteiger partial charge in [-0.15, -0.1) is 0 Å². The van der Waals surface area contributed by atoms with Crippen LogP contribution in [-0.4, -0.2) is 50.3 Å². The monoisotopic (exact) mass is 327 g/mol. The van der Waals surface area contributed by atoms with E-state index in [1.807, 2.05) is 13.0 Å². The predicted octanol–water partition coefficient (Wildman–Crippen LogP) is 0.825. The van der Waals surface area contributed by atoms with Crippen LogP contribution in [0.15, 0.2) is 12.2 Å². The molecule has 0 aromatic rings. The molecule has 1 aliphatic rings. The highest BCUT2D eigenvalue weighted by Gasteiger charge is 2.24. The summed E-state index contributed by atoms with van der Waals surface area (Å²) in [5.74, 6) is -1.90. The Labute approximate surface area is 136 Å². The normalized spacial score (nSPS) is 31.4. The quantitative estimate of drug-likeness (QED) is 0.566. The molecule has 4 atom stereocenters. The first-order chi connectivity index (χ1) is 10.8. The highest BCUT2D eigenvalue weighted by molar-refractivity contribution is 5.85. The summed E-state index contributed by atoms with van der Waals surface area (Å²) in [6.07, 6.45) is 3.29. The fourth-order valence-corrected chi connectivity index (χ4v) is 1.99. The molecule has 23 heavy (non-hydrogen) atoms. The van der Waals surface area contributed by atoms with Crippen molar-refractivity contribution in [3.8, 4) is 0 Å². The molecule has 0 saturated carbocycles. The second kappa shape index (κ2) is 9.29. The second-order valence-corrected chi connectivity index (χ2v) is 5.71. The summed E-state index contributed by atoms with van der Waals surface area (Å²) >= 11 is 0. The molecule has 1 amide bonds. The molecule has 0 bridgehead atoms. The zero-order valence-corrected chi connectivity index (χ0v) is 14.0. The number of carbonyl (C=O) groups excluding carboxylic acids is 3. The number of nitrogens with one attached hydrogen (secondary N) is 1. The van der Waals surface area contributed by atoms with Crippen molar-refractivity contribution < 1.29 is 28.6 Å². The predicted molar refractivity (Wildman–Crippen MR) is 82.4 cm³/mol. The lowest BCUT2D eigenvalue weighted by Crippen LogP contribution is -2.43. The number of cyclic esters (lactones) is 2. The number of methoxy groups -OCH3 is 1. The zero-order valence-electron chi connectivity index (χ0n) is 14.0. The average Bonchev–Trinajstić information content (AvgIpc) is 2.51. The maximum Gasteiger partial charge on any atom is 0.328 e. The van der Waals surface area contributed by atoms with E-state index in [0.29, 0.717) is 0 Å². The third-order valence-corrected chi connectivity index (χ3v) is 3.66. The Hall–Kier alpha value is -1.89. The van der Waals surface area contributed by atoms with Crippen molar-refractivity contribution in [3.05, 3.63) is 12.2 Å². The number of hydrogen-bond donors (Lipinski definition) is 1. The van der Waals surface area contributed by atoms with E-state index in [0.717, 1.165) is 0 Å². The largest absolute Gasteiger partial charge is 0.465 e. The molecule has 130 valence electrons. The van der Waals surface area contributed by atoms with Gasteiger partial charge in [-0.1, -0.05) is 26.0 Å². The third-order valence-electron chi connectivity index (χ3n) is 3.66. The molecule has 1 N–H and O–H groups in total. The standard InChI is InChI=1S/C16H25NO6/c1-10-6-5-7-14(18)22-8-11(2)15(19)17-12(3)16(20)23-9-13(10)21-4/h5-6,10-13H,7-9H2,1-4H3,(H,17,19)/t10-,11-,12-,13-/m0/s1. The molecule has 0 radical (unpaired) electrons. The van der Waals surface area contributed by atoms with Crippen LogP contribution in [0.25, 0.3) is 0 Å². The van der Waals surface area contributed by atoms with E-state index >= 15 is 0 Å². The topological polar surface area (TPSA) is 90.9 Å². The Kier molecular flexibility index (Phi) is 7.74. The van der Waals surface area contributed by atoms with Crippen LogP contribution in [0, 0.1) is 11.8 Å². The van der Waals surface area contributed by atoms with Gasteiger partial charge >= 0.3 is 11.9 Å². The van der Waals surface area contributed by atoms with Gasteiger partial charge in [0, 0.05) is 13.0 Å². The van der Waals surface area contributed by atoms with Gasteiger partial charge in [-0.05, 0) is 6.92 Å². The highest BCUT2D eigenvalue weighted by atomic mass is 16.6. The van der Waals surface area contributed by atoms with E-state index in [2.05, 4.69) is 5.32 Å². The second-order valence-electron chi connectivity index (χ2n) is 5.71. The number of rotatable bonds is 1. The lowest BCUT2D eigenvalue weighted by atomic mass is 10.0. The molecule has 0 unspecified atom stereocenters. The van der Waals surface area contributed by atoms with Gasteiger partial charge in [0.1, 0.15) is 19.3 Å². The molecule has 7 nitrogen and oxygen atoms in total. The maximum absolute atomic E-state index is 11.9. The van der Waals surface area contributed by atoms with E-state index in [1.54, 1.807) is 19.9 Å². The van der Waals surface area contributed by atoms with E-state index in [1.165, 1.54) is 7.11 Å². The summed E-state index contributed by atoms with van der Waals surface area (Å²) < 4.78 is 15.6. The SMILES string of the molecule is CO[C@H]1COC(=O)[C@H](C)NC(=O)[C@@H](C)COC(=O)CC=C[C@@H]1C. The van der Waals surface area contributed by atoms with Crippen molar-refractivity contribution in [1.82, 2.24) is 5.32 Å². The van der Waals surface area contributed by atoms with Crippen LogP contribution >= 0.6 is 0 Å². The fraction of sp³-hybridized carbons (Fsp3) is 0.688. The van der Waals surface area contributed by atoms with Crippen molar-refractivity contribution in [3.63, 3.8) is 0 Å². The molecule has 1 heterocycles. The minimum Gasteiger partial charge on any atom is -0.465 e. The molecular formula is C16H25NO6. The summed E-state index contributed by atoms with van der Waals surface area (Å²) in [5, 5.41) is 2.55. The number of esters is 2. The molecule has 0 aromatic heterocycles. The van der Waals surface area contributed by atoms with Crippen LogP contribution in [0.4, 0.5) is 0 Å². The van der Waals surface area contributed by atoms with E-state index in [9.17, 15) is 14.4 Å². The Morgan fingerprint density at radius 3 is 2.48 bits per heavy atom. The summed E-state index contributed by atoms with van der Waals surface area (Å²) in [5.41, 5.74) is 0. The van der Waals surface area contributed by atoms with Gasteiger partial charge in [0.05, 0.1) is 18.4 Å². The van der Waals surface area contributed by atoms with Crippen LogP contribution < -0.4 is 5.32 Å². The first kappa shape index (κ1) is 19.2. The van der Waals surface area contributed by atoms with E-state index in [4.69, 9.17) is 14.2 Å². The molecule has 0 spiro atoms. The van der Waals surface area contributed by atoms with Crippen molar-refractivity contribution in [1.29, 1.82) is 0 Å². The molecule has 7 heteroatoms. The minimum atomic E-state index is -0.783. The van der Waals surface area contributed by atoms with Gasteiger partial charge in [-0.25, -0.2) is 4.79 Å². The maximum atomic E-state index is 11.9. The number of carbonyl (C=O) groups is 3. The van der Waals surface area contributed by atoms with E-state index in [-0.39, 0.29) is 37.6 Å². The lowest BCUT2D eigenvalue weighted by molar-refractivity contribution is -0.152. The molecule has 0 aromatic carbocycles. The van der Waals surface area contributed by atoms with Crippen LogP contribution in [0.2, 0.25) is 0 Å². The first-order valence-electron chi connectivity index (χ1n) is 7.67. The molecule has 1 aliphatic heterocycles. The summed E-state index contributed by atoms with van der Waals surface area (Å²) in [7, 11) is 1.53. The van der Waals surface area contributed by atoms with Crippen LogP contribution in [-0.2, 0) is 28.6 Å². The molecule has 0 aliphatic carbocycles. The van der Waals surface area contributed by atoms with Crippen molar-refractivity contribution >= 4 is 17.8 Å². The van der Waals surface area contributed by atoms with Gasteiger partial charge in [-0.3, -0.25) is 9.59 Å². The first-order valence-corrected chi connectivity index (χ1v) is 7.67. The number of amides is 1. The van der Waals surface area contributed by atoms with Crippen molar-refractivity contribution in [2.24, 2.45) is 11.8 Å². The highest BCUT2D eigenvalue weighted by Crippen LogP contribution is 2.11. The summed E-state index contributed by atoms with van der Waals surface area (Å²) in [6.45, 7) is 5.10. The Morgan fingerprint density at radius 2 is 1.83 bits per heavy atom. The van der Waals surface area contributed by atoms with Gasteiger partial charge in [0.2, 0.25) is 5.91 Å². The van der Waals surface area contributed by atoms with E-state index < -0.39 is 23.9 Å². The lowest BCUT2D eigenvalue weighted by Gasteiger charge is -2.21. The van der Waals surface area contributed by atoms with Crippen LogP contribution in [0.5, 0.6) is 0 Å². The Balaban J connectivity index is 2.83. The fourth-order valence-electron chi connectivity index (χ4n) is 1.99. The molecular weight excluding hydrogens is 302 g/mol. The van der Waals surface area contributed by atoms with Gasteiger partial charge in [-0.2, -0.15) is 0 Å². The minimum absolute atomic E-state index is 0.0312. The summed E-state index contributed by atoms with van der Waals surface area (Å²) in [4.78, 5) is 35.5. The van der Waals surface area contributed by atoms with Gasteiger partial charge in [0.15, 0.2) is 0 Å². The van der Waals surface area contributed by atoms with Crippen molar-refractivity contribution in [2.45, 2.75) is 39.3 Å². The van der Waals surface area contributed by atoms with Gasteiger partial charge < -0.3 is 19.5 Å². The average molecular weight is 327 g/mol. The number of hydrogen-bond acceptors (Lipinski definition) is 6. The summed E-state index contributed by atoms with van der Waals surface area (Å²) in [6, 6.07) is -0.783. The van der Waals surface area contributed by atoms with Crippen LogP contribution in [0.1, 0.15) is 27.2 Å². The smallest absolute Gasteiger partial charge is 0.328 e. The molecule has 0 saturated heterocycles. The zero-order chi connectivity index (χ0) is 17.4. The molecule has 1 rings (SSSR count). The molecule has 0 fully saturated rings. The van der Waals surface area contributed by atoms with Crippen molar-refractivity contribution in [2.75, 3.05) is 20.3 Å². The Bertz CT molecular complexity index is 461. The third kappa shape index (κ3) is 6.40. The van der Waals surface area contributed by atoms with Gasteiger partial charge in [0.25, 0.3) is 0 Å². The number of ether oxygens (including phenoxy) is 3. The van der Waals surface area contributed by atoms with Crippen LogP contribution in [0.3, 0.4) is 0 Å². The Morgan fingerprint density at radius 1 is 1.13 bits per heavy atom.